The third-order valence-electron chi connectivity index (χ3n) is 4.92. The molecule has 2 aliphatic rings. The van der Waals surface area contributed by atoms with Crippen LogP contribution in [0.15, 0.2) is 60.3 Å². The molecular weight excluding hydrogens is 394 g/mol. The quantitative estimate of drug-likeness (QED) is 0.593. The number of hydrogen-bond donors (Lipinski definition) is 2. The van der Waals surface area contributed by atoms with Crippen molar-refractivity contribution in [2.24, 2.45) is 0 Å². The summed E-state index contributed by atoms with van der Waals surface area (Å²) in [5, 5.41) is 0.460. The van der Waals surface area contributed by atoms with Gasteiger partial charge < -0.3 is 10.2 Å². The minimum Gasteiger partial charge on any atom is -0.456 e. The van der Waals surface area contributed by atoms with Gasteiger partial charge in [0, 0.05) is 5.02 Å². The second-order valence-corrected chi connectivity index (χ2v) is 7.39. The number of nitrogens with one attached hydrogen (secondary N) is 2. The van der Waals surface area contributed by atoms with Crippen LogP contribution in [0.5, 0.6) is 0 Å². The molecule has 1 saturated heterocycles. The number of ether oxygens (including phenoxy) is 1. The standard InChI is InChI=1S/C21H18ClN3O4/c1-13-7-8-15(9-16(13)22)25-18(26)11-21(20(25)28)10-17(23-24-21)19(27)29-12-14-5-3-2-4-6-14/h2-10,23-24H,11-12H2,1H3/t21-/m0/s1. The lowest BCUT2D eigenvalue weighted by Gasteiger charge is -2.20. The number of hydrazine groups is 1. The van der Waals surface area contributed by atoms with E-state index >= 15 is 0 Å². The van der Waals surface area contributed by atoms with Gasteiger partial charge in [-0.05, 0) is 36.3 Å². The lowest BCUT2D eigenvalue weighted by molar-refractivity contribution is -0.140. The fourth-order valence-electron chi connectivity index (χ4n) is 3.31. The SMILES string of the molecule is Cc1ccc(N2C(=O)C[C@@]3(C=C(C(=O)OCc4ccccc4)NN3)C2=O)cc1Cl. The molecule has 0 radical (unpaired) electrons. The van der Waals surface area contributed by atoms with Crippen LogP contribution in [0.25, 0.3) is 0 Å². The highest BCUT2D eigenvalue weighted by Gasteiger charge is 2.54. The van der Waals surface area contributed by atoms with Gasteiger partial charge in [0.2, 0.25) is 5.91 Å². The van der Waals surface area contributed by atoms with E-state index in [9.17, 15) is 14.4 Å². The Bertz CT molecular complexity index is 1040. The number of imide groups is 1. The molecule has 2 heterocycles. The molecule has 0 aromatic heterocycles. The van der Waals surface area contributed by atoms with Crippen LogP contribution >= 0.6 is 11.6 Å². The topological polar surface area (TPSA) is 87.7 Å². The number of halogens is 1. The minimum atomic E-state index is -1.34. The van der Waals surface area contributed by atoms with Gasteiger partial charge in [0.15, 0.2) is 0 Å². The number of rotatable bonds is 4. The highest BCUT2D eigenvalue weighted by atomic mass is 35.5. The first-order chi connectivity index (χ1) is 13.9. The summed E-state index contributed by atoms with van der Waals surface area (Å²) in [6, 6.07) is 14.2. The molecule has 148 valence electrons. The van der Waals surface area contributed by atoms with E-state index in [0.717, 1.165) is 16.0 Å². The van der Waals surface area contributed by atoms with Gasteiger partial charge in [0.05, 0.1) is 12.1 Å². The van der Waals surface area contributed by atoms with Gasteiger partial charge in [-0.15, -0.1) is 0 Å². The first-order valence-electron chi connectivity index (χ1n) is 9.00. The molecule has 1 atom stereocenters. The van der Waals surface area contributed by atoms with Crippen molar-refractivity contribution in [2.75, 3.05) is 4.90 Å². The fourth-order valence-corrected chi connectivity index (χ4v) is 3.48. The van der Waals surface area contributed by atoms with Crippen LogP contribution in [-0.2, 0) is 25.7 Å². The zero-order valence-electron chi connectivity index (χ0n) is 15.6. The Morgan fingerprint density at radius 2 is 1.97 bits per heavy atom. The molecule has 2 N–H and O–H groups in total. The van der Waals surface area contributed by atoms with Crippen LogP contribution in [0.2, 0.25) is 5.02 Å². The predicted octanol–water partition coefficient (Wildman–Crippen LogP) is 2.39. The van der Waals surface area contributed by atoms with Crippen molar-refractivity contribution < 1.29 is 19.1 Å². The lowest BCUT2D eigenvalue weighted by atomic mass is 9.98. The number of carbonyl (C=O) groups excluding carboxylic acids is 3. The summed E-state index contributed by atoms with van der Waals surface area (Å²) in [5.74, 6) is -1.49. The Labute approximate surface area is 172 Å². The largest absolute Gasteiger partial charge is 0.456 e. The molecular formula is C21H18ClN3O4. The predicted molar refractivity (Wildman–Crippen MR) is 107 cm³/mol. The van der Waals surface area contributed by atoms with Crippen LogP contribution < -0.4 is 15.8 Å². The molecule has 8 heteroatoms. The Morgan fingerprint density at radius 1 is 1.21 bits per heavy atom. The third kappa shape index (κ3) is 3.50. The Hall–Kier alpha value is -3.16. The fraction of sp³-hybridized carbons (Fsp3) is 0.190. The Balaban J connectivity index is 1.52. The van der Waals surface area contributed by atoms with Gasteiger partial charge in [-0.2, -0.15) is 0 Å². The highest BCUT2D eigenvalue weighted by molar-refractivity contribution is 6.32. The summed E-state index contributed by atoms with van der Waals surface area (Å²) in [4.78, 5) is 39.1. The second kappa shape index (κ2) is 7.35. The summed E-state index contributed by atoms with van der Waals surface area (Å²) >= 11 is 6.14. The molecule has 0 aliphatic carbocycles. The van der Waals surface area contributed by atoms with Gasteiger partial charge in [0.1, 0.15) is 17.8 Å². The molecule has 4 rings (SSSR count). The van der Waals surface area contributed by atoms with Crippen LogP contribution in [0.4, 0.5) is 5.69 Å². The van der Waals surface area contributed by atoms with Crippen LogP contribution in [0.1, 0.15) is 17.5 Å². The molecule has 29 heavy (non-hydrogen) atoms. The Morgan fingerprint density at radius 3 is 2.69 bits per heavy atom. The lowest BCUT2D eigenvalue weighted by Crippen LogP contribution is -2.51. The molecule has 1 spiro atoms. The van der Waals surface area contributed by atoms with Gasteiger partial charge in [-0.1, -0.05) is 48.0 Å². The molecule has 2 aromatic rings. The maximum atomic E-state index is 13.0. The van der Waals surface area contributed by atoms with Crippen molar-refractivity contribution in [1.29, 1.82) is 0 Å². The summed E-state index contributed by atoms with van der Waals surface area (Å²) < 4.78 is 5.28. The first-order valence-corrected chi connectivity index (χ1v) is 9.38. The van der Waals surface area contributed by atoms with E-state index in [-0.39, 0.29) is 24.6 Å². The molecule has 1 fully saturated rings. The van der Waals surface area contributed by atoms with Gasteiger partial charge in [0.25, 0.3) is 5.91 Å². The molecule has 0 unspecified atom stereocenters. The molecule has 2 aliphatic heterocycles. The van der Waals surface area contributed by atoms with Crippen molar-refractivity contribution in [3.8, 4) is 0 Å². The van der Waals surface area contributed by atoms with Gasteiger partial charge in [-0.3, -0.25) is 9.59 Å². The van der Waals surface area contributed by atoms with Crippen molar-refractivity contribution in [3.05, 3.63) is 76.5 Å². The van der Waals surface area contributed by atoms with E-state index < -0.39 is 17.4 Å². The van der Waals surface area contributed by atoms with Gasteiger partial charge >= 0.3 is 5.97 Å². The number of anilines is 1. The number of amides is 2. The summed E-state index contributed by atoms with van der Waals surface area (Å²) in [5.41, 5.74) is 6.29. The monoisotopic (exact) mass is 411 g/mol. The number of aryl methyl sites for hydroxylation is 1. The van der Waals surface area contributed by atoms with Crippen LogP contribution in [0.3, 0.4) is 0 Å². The van der Waals surface area contributed by atoms with Crippen LogP contribution in [-0.4, -0.2) is 23.3 Å². The number of hydrogen-bond acceptors (Lipinski definition) is 6. The maximum absolute atomic E-state index is 13.0. The molecule has 2 aromatic carbocycles. The van der Waals surface area contributed by atoms with E-state index in [1.54, 1.807) is 18.2 Å². The number of esters is 1. The average Bonchev–Trinajstić information content (AvgIpc) is 3.24. The van der Waals surface area contributed by atoms with E-state index in [0.29, 0.717) is 10.7 Å². The number of benzene rings is 2. The van der Waals surface area contributed by atoms with E-state index in [4.69, 9.17) is 16.3 Å². The summed E-state index contributed by atoms with van der Waals surface area (Å²) in [6.07, 6.45) is 1.29. The summed E-state index contributed by atoms with van der Waals surface area (Å²) in [7, 11) is 0. The second-order valence-electron chi connectivity index (χ2n) is 6.99. The van der Waals surface area contributed by atoms with E-state index in [1.807, 2.05) is 37.3 Å². The van der Waals surface area contributed by atoms with E-state index in [2.05, 4.69) is 10.9 Å². The highest BCUT2D eigenvalue weighted by Crippen LogP contribution is 2.34. The minimum absolute atomic E-state index is 0.0888. The first kappa shape index (κ1) is 19.2. The average molecular weight is 412 g/mol. The normalized spacial score (nSPS) is 20.8. The van der Waals surface area contributed by atoms with Gasteiger partial charge in [-0.25, -0.2) is 15.1 Å². The molecule has 7 nitrogen and oxygen atoms in total. The maximum Gasteiger partial charge on any atom is 0.355 e. The molecule has 0 bridgehead atoms. The van der Waals surface area contributed by atoms with E-state index in [1.165, 1.54) is 6.08 Å². The number of nitrogens with zero attached hydrogens (tertiary/aromatic N) is 1. The van der Waals surface area contributed by atoms with Crippen molar-refractivity contribution >= 4 is 35.1 Å². The number of carbonyl (C=O) groups is 3. The zero-order chi connectivity index (χ0) is 20.6. The van der Waals surface area contributed by atoms with Crippen molar-refractivity contribution in [2.45, 2.75) is 25.5 Å². The van der Waals surface area contributed by atoms with Crippen LogP contribution in [0, 0.1) is 6.92 Å². The zero-order valence-corrected chi connectivity index (χ0v) is 16.3. The molecule has 2 amide bonds. The molecule has 0 saturated carbocycles. The smallest absolute Gasteiger partial charge is 0.355 e. The van der Waals surface area contributed by atoms with Crippen molar-refractivity contribution in [1.82, 2.24) is 10.9 Å². The Kier molecular flexibility index (Phi) is 4.86. The van der Waals surface area contributed by atoms with Crippen molar-refractivity contribution in [3.63, 3.8) is 0 Å². The summed E-state index contributed by atoms with van der Waals surface area (Å²) in [6.45, 7) is 1.94. The third-order valence-corrected chi connectivity index (χ3v) is 5.33.